The van der Waals surface area contributed by atoms with Crippen LogP contribution in [-0.4, -0.2) is 53.5 Å². The van der Waals surface area contributed by atoms with Gasteiger partial charge in [0.2, 0.25) is 11.8 Å². The van der Waals surface area contributed by atoms with Crippen LogP contribution in [0.5, 0.6) is 0 Å². The first kappa shape index (κ1) is 21.5. The smallest absolute Gasteiger partial charge is 0.308 e. The van der Waals surface area contributed by atoms with Crippen LogP contribution in [0.4, 0.5) is 0 Å². The van der Waals surface area contributed by atoms with Crippen molar-refractivity contribution in [3.8, 4) is 0 Å². The molecule has 8 heteroatoms. The van der Waals surface area contributed by atoms with Crippen LogP contribution in [0.3, 0.4) is 0 Å². The lowest BCUT2D eigenvalue weighted by atomic mass is 9.49. The number of amides is 2. The quantitative estimate of drug-likeness (QED) is 0.507. The minimum Gasteiger partial charge on any atom is -0.465 e. The van der Waals surface area contributed by atoms with Crippen LogP contribution in [0.15, 0.2) is 0 Å². The fraction of sp³-hybridized carbons (Fsp3) is 0.818. The molecular formula is C22H33N3O4S. The normalized spacial score (nSPS) is 34.6. The molecule has 7 nitrogen and oxygen atoms in total. The Morgan fingerprint density at radius 2 is 1.80 bits per heavy atom. The molecule has 0 radical (unpaired) electrons. The molecule has 0 aromatic heterocycles. The number of esters is 1. The van der Waals surface area contributed by atoms with E-state index in [9.17, 15) is 14.4 Å². The van der Waals surface area contributed by atoms with Gasteiger partial charge in [-0.05, 0) is 74.4 Å². The summed E-state index contributed by atoms with van der Waals surface area (Å²) in [7, 11) is 0. The van der Waals surface area contributed by atoms with E-state index >= 15 is 0 Å². The van der Waals surface area contributed by atoms with Crippen molar-refractivity contribution in [3.63, 3.8) is 0 Å². The highest BCUT2D eigenvalue weighted by molar-refractivity contribution is 7.80. The Kier molecular flexibility index (Phi) is 6.06. The third-order valence-electron chi connectivity index (χ3n) is 7.27. The molecular weight excluding hydrogens is 402 g/mol. The van der Waals surface area contributed by atoms with Gasteiger partial charge in [-0.25, -0.2) is 0 Å². The Balaban J connectivity index is 1.40. The van der Waals surface area contributed by atoms with Gasteiger partial charge in [-0.3, -0.25) is 14.4 Å². The molecule has 1 heterocycles. The zero-order valence-corrected chi connectivity index (χ0v) is 18.8. The minimum absolute atomic E-state index is 0.0127. The van der Waals surface area contributed by atoms with Gasteiger partial charge in [0, 0.05) is 13.1 Å². The number of nitrogens with one attached hydrogen (secondary N) is 2. The van der Waals surface area contributed by atoms with Crippen molar-refractivity contribution in [2.75, 3.05) is 19.7 Å². The second-order valence-electron chi connectivity index (χ2n) is 10.2. The lowest BCUT2D eigenvalue weighted by Crippen LogP contribution is -2.62. The molecule has 4 saturated carbocycles. The summed E-state index contributed by atoms with van der Waals surface area (Å²) in [5, 5.41) is 6.01. The number of hydrogen-bond acceptors (Lipinski definition) is 5. The molecule has 2 amide bonds. The average molecular weight is 436 g/mol. The molecule has 0 aromatic carbocycles. The van der Waals surface area contributed by atoms with Gasteiger partial charge in [0.25, 0.3) is 0 Å². The molecule has 1 saturated heterocycles. The van der Waals surface area contributed by atoms with Crippen molar-refractivity contribution in [2.24, 2.45) is 29.1 Å². The average Bonchev–Trinajstić information content (AvgIpc) is 2.66. The van der Waals surface area contributed by atoms with E-state index < -0.39 is 12.0 Å². The second-order valence-corrected chi connectivity index (χ2v) is 10.6. The molecule has 166 valence electrons. The van der Waals surface area contributed by atoms with E-state index in [1.807, 2.05) is 13.8 Å². The summed E-state index contributed by atoms with van der Waals surface area (Å²) in [6.07, 6.45) is 6.60. The maximum absolute atomic E-state index is 13.3. The molecule has 1 atom stereocenters. The first-order valence-corrected chi connectivity index (χ1v) is 11.7. The van der Waals surface area contributed by atoms with Crippen LogP contribution in [0, 0.1) is 29.1 Å². The molecule has 4 bridgehead atoms. The van der Waals surface area contributed by atoms with Crippen LogP contribution >= 0.6 is 12.2 Å². The van der Waals surface area contributed by atoms with Gasteiger partial charge in [-0.2, -0.15) is 0 Å². The van der Waals surface area contributed by atoms with E-state index in [0.29, 0.717) is 37.5 Å². The first-order chi connectivity index (χ1) is 14.3. The predicted octanol–water partition coefficient (Wildman–Crippen LogP) is 1.99. The number of hydrogen-bond donors (Lipinski definition) is 2. The zero-order valence-electron chi connectivity index (χ0n) is 17.9. The van der Waals surface area contributed by atoms with Crippen LogP contribution in [-0.2, 0) is 19.1 Å². The van der Waals surface area contributed by atoms with Gasteiger partial charge in [-0.1, -0.05) is 13.8 Å². The SMILES string of the molecule is CC(C)COC(=O)CC1C(=O)NCCN1C(=S)NC(=O)C12CC3CC(CC(C3)C1)C2. The maximum atomic E-state index is 13.3. The number of ether oxygens (including phenoxy) is 1. The molecule has 1 aliphatic heterocycles. The number of thiocarbonyl (C=S) groups is 1. The lowest BCUT2D eigenvalue weighted by Gasteiger charge is -2.55. The van der Waals surface area contributed by atoms with E-state index in [1.165, 1.54) is 19.3 Å². The van der Waals surface area contributed by atoms with Gasteiger partial charge in [0.15, 0.2) is 5.11 Å². The first-order valence-electron chi connectivity index (χ1n) is 11.3. The number of piperazine rings is 1. The fourth-order valence-corrected chi connectivity index (χ4v) is 6.64. The van der Waals surface area contributed by atoms with Crippen molar-refractivity contribution in [1.82, 2.24) is 15.5 Å². The highest BCUT2D eigenvalue weighted by Gasteiger charge is 2.55. The summed E-state index contributed by atoms with van der Waals surface area (Å²) in [6, 6.07) is -0.748. The monoisotopic (exact) mass is 435 g/mol. The van der Waals surface area contributed by atoms with E-state index in [0.717, 1.165) is 19.3 Å². The lowest BCUT2D eigenvalue weighted by molar-refractivity contribution is -0.148. The fourth-order valence-electron chi connectivity index (χ4n) is 6.33. The standard InChI is InChI=1S/C22H33N3O4S/c1-13(2)12-29-18(26)8-17-19(27)23-3-4-25(17)21(30)24-20(28)22-9-14-5-15(10-22)7-16(6-14)11-22/h13-17H,3-12H2,1-2H3,(H,23,27)(H,24,28,30). The number of carbonyl (C=O) groups excluding carboxylic acids is 3. The van der Waals surface area contributed by atoms with Crippen molar-refractivity contribution in [1.29, 1.82) is 0 Å². The Morgan fingerprint density at radius 1 is 1.20 bits per heavy atom. The van der Waals surface area contributed by atoms with Crippen LogP contribution in [0.25, 0.3) is 0 Å². The Hall–Kier alpha value is -1.70. The summed E-state index contributed by atoms with van der Waals surface area (Å²) in [4.78, 5) is 39.7. The van der Waals surface area contributed by atoms with E-state index in [4.69, 9.17) is 17.0 Å². The van der Waals surface area contributed by atoms with Crippen molar-refractivity contribution in [2.45, 2.75) is 64.8 Å². The Bertz CT molecular complexity index is 703. The maximum Gasteiger partial charge on any atom is 0.308 e. The van der Waals surface area contributed by atoms with Crippen molar-refractivity contribution >= 4 is 35.1 Å². The third kappa shape index (κ3) is 4.34. The molecule has 1 unspecified atom stereocenters. The summed E-state index contributed by atoms with van der Waals surface area (Å²) in [5.41, 5.74) is -0.303. The van der Waals surface area contributed by atoms with E-state index in [-0.39, 0.29) is 34.7 Å². The molecule has 0 spiro atoms. The number of carbonyl (C=O) groups is 3. The molecule has 0 aromatic rings. The molecule has 2 N–H and O–H groups in total. The molecule has 5 fully saturated rings. The van der Waals surface area contributed by atoms with Crippen LogP contribution in [0.1, 0.15) is 58.8 Å². The number of nitrogens with zero attached hydrogens (tertiary/aromatic N) is 1. The van der Waals surface area contributed by atoms with Crippen LogP contribution in [0.2, 0.25) is 0 Å². The van der Waals surface area contributed by atoms with E-state index in [2.05, 4.69) is 10.6 Å². The second kappa shape index (κ2) is 8.44. The van der Waals surface area contributed by atoms with Crippen LogP contribution < -0.4 is 10.6 Å². The molecule has 4 aliphatic carbocycles. The van der Waals surface area contributed by atoms with Gasteiger partial charge in [0.05, 0.1) is 18.4 Å². The zero-order chi connectivity index (χ0) is 21.5. The topological polar surface area (TPSA) is 87.7 Å². The van der Waals surface area contributed by atoms with E-state index in [1.54, 1.807) is 4.90 Å². The number of rotatable bonds is 5. The Labute approximate surface area is 183 Å². The molecule has 5 rings (SSSR count). The molecule has 30 heavy (non-hydrogen) atoms. The van der Waals surface area contributed by atoms with Gasteiger partial charge < -0.3 is 20.3 Å². The third-order valence-corrected chi connectivity index (χ3v) is 7.61. The highest BCUT2D eigenvalue weighted by Crippen LogP contribution is 2.60. The largest absolute Gasteiger partial charge is 0.465 e. The summed E-state index contributed by atoms with van der Waals surface area (Å²) >= 11 is 5.56. The van der Waals surface area contributed by atoms with Crippen molar-refractivity contribution in [3.05, 3.63) is 0 Å². The van der Waals surface area contributed by atoms with Gasteiger partial charge in [0.1, 0.15) is 6.04 Å². The highest BCUT2D eigenvalue weighted by atomic mass is 32.1. The van der Waals surface area contributed by atoms with Crippen molar-refractivity contribution < 1.29 is 19.1 Å². The summed E-state index contributed by atoms with van der Waals surface area (Å²) in [6.45, 7) is 5.14. The van der Waals surface area contributed by atoms with Gasteiger partial charge in [-0.15, -0.1) is 0 Å². The summed E-state index contributed by atoms with van der Waals surface area (Å²) in [5.74, 6) is 1.56. The molecule has 5 aliphatic rings. The minimum atomic E-state index is -0.748. The Morgan fingerprint density at radius 3 is 2.37 bits per heavy atom. The predicted molar refractivity (Wildman–Crippen MR) is 115 cm³/mol. The van der Waals surface area contributed by atoms with Gasteiger partial charge >= 0.3 is 5.97 Å². The summed E-state index contributed by atoms with van der Waals surface area (Å²) < 4.78 is 5.25.